The minimum atomic E-state index is -0.638. The Morgan fingerprint density at radius 3 is 2.85 bits per heavy atom. The average Bonchev–Trinajstić information content (AvgIpc) is 3.58. The largest absolute Gasteiger partial charge is 0.355 e. The Labute approximate surface area is 203 Å². The number of nitrogens with zero attached hydrogens (tertiary/aromatic N) is 5. The van der Waals surface area contributed by atoms with Gasteiger partial charge in [0, 0.05) is 54.4 Å². The van der Waals surface area contributed by atoms with Gasteiger partial charge in [0.15, 0.2) is 5.65 Å². The summed E-state index contributed by atoms with van der Waals surface area (Å²) in [7, 11) is 0. The van der Waals surface area contributed by atoms with Crippen LogP contribution in [0.3, 0.4) is 0 Å². The SMILES string of the molecule is Cc1cn2nc([C@@H]3CCCCN3C(=O)C(N)CC(N)c3cccs3)cc2nc1N1CC[C@H](N)C1. The molecule has 5 rings (SSSR count). The number of aryl methyl sites for hydroxylation is 1. The van der Waals surface area contributed by atoms with Gasteiger partial charge in [-0.1, -0.05) is 6.07 Å². The lowest BCUT2D eigenvalue weighted by molar-refractivity contribution is -0.136. The highest BCUT2D eigenvalue weighted by Crippen LogP contribution is 2.32. The second-order valence-electron chi connectivity index (χ2n) is 9.62. The Balaban J connectivity index is 1.36. The van der Waals surface area contributed by atoms with Gasteiger partial charge < -0.3 is 27.0 Å². The third-order valence-corrected chi connectivity index (χ3v) is 8.01. The lowest BCUT2D eigenvalue weighted by Crippen LogP contribution is -2.48. The number of likely N-dealkylation sites (tertiary alicyclic amines) is 1. The lowest BCUT2D eigenvalue weighted by atomic mass is 9.97. The predicted octanol–water partition coefficient (Wildman–Crippen LogP) is 2.11. The van der Waals surface area contributed by atoms with Gasteiger partial charge in [-0.15, -0.1) is 11.3 Å². The number of nitrogens with two attached hydrogens (primary N) is 3. The number of fused-ring (bicyclic) bond motifs is 1. The van der Waals surface area contributed by atoms with E-state index in [2.05, 4.69) is 11.8 Å². The van der Waals surface area contributed by atoms with Crippen LogP contribution in [0.5, 0.6) is 0 Å². The number of piperidine rings is 1. The summed E-state index contributed by atoms with van der Waals surface area (Å²) in [6.07, 6.45) is 6.31. The summed E-state index contributed by atoms with van der Waals surface area (Å²) in [5.41, 5.74) is 21.5. The van der Waals surface area contributed by atoms with Gasteiger partial charge in [-0.25, -0.2) is 9.50 Å². The van der Waals surface area contributed by atoms with Gasteiger partial charge >= 0.3 is 0 Å². The zero-order valence-corrected chi connectivity index (χ0v) is 20.5. The third-order valence-electron chi connectivity index (χ3n) is 7.01. The quantitative estimate of drug-likeness (QED) is 0.490. The maximum Gasteiger partial charge on any atom is 0.240 e. The highest BCUT2D eigenvalue weighted by atomic mass is 32.1. The van der Waals surface area contributed by atoms with Crippen molar-refractivity contribution in [1.29, 1.82) is 0 Å². The van der Waals surface area contributed by atoms with Crippen molar-refractivity contribution in [2.24, 2.45) is 17.2 Å². The Morgan fingerprint density at radius 1 is 1.26 bits per heavy atom. The number of thiophene rings is 1. The molecule has 0 saturated carbocycles. The zero-order chi connectivity index (χ0) is 23.8. The average molecular weight is 483 g/mol. The van der Waals surface area contributed by atoms with Crippen molar-refractivity contribution >= 4 is 28.7 Å². The van der Waals surface area contributed by atoms with Crippen LogP contribution in [0.15, 0.2) is 29.8 Å². The van der Waals surface area contributed by atoms with Gasteiger partial charge in [0.1, 0.15) is 5.82 Å². The maximum absolute atomic E-state index is 13.4. The van der Waals surface area contributed by atoms with Crippen LogP contribution >= 0.6 is 11.3 Å². The first-order chi connectivity index (χ1) is 16.4. The Morgan fingerprint density at radius 2 is 2.12 bits per heavy atom. The van der Waals surface area contributed by atoms with E-state index in [9.17, 15) is 4.79 Å². The van der Waals surface area contributed by atoms with E-state index < -0.39 is 6.04 Å². The Kier molecular flexibility index (Phi) is 6.57. The number of hydrogen-bond acceptors (Lipinski definition) is 8. The monoisotopic (exact) mass is 482 g/mol. The number of hydrogen-bond donors (Lipinski definition) is 3. The lowest BCUT2D eigenvalue weighted by Gasteiger charge is -2.36. The fraction of sp³-hybridized carbons (Fsp3) is 0.542. The second-order valence-corrected chi connectivity index (χ2v) is 10.6. The van der Waals surface area contributed by atoms with Crippen molar-refractivity contribution in [1.82, 2.24) is 19.5 Å². The Hall–Kier alpha value is -2.53. The van der Waals surface area contributed by atoms with Crippen LogP contribution in [-0.4, -0.2) is 57.1 Å². The molecule has 2 saturated heterocycles. The molecule has 3 aromatic heterocycles. The second kappa shape index (κ2) is 9.61. The molecule has 5 heterocycles. The molecule has 0 spiro atoms. The van der Waals surface area contributed by atoms with Crippen molar-refractivity contribution in [3.05, 3.63) is 45.9 Å². The molecule has 9 nitrogen and oxygen atoms in total. The van der Waals surface area contributed by atoms with Crippen LogP contribution in [0.25, 0.3) is 5.65 Å². The molecule has 0 radical (unpaired) electrons. The summed E-state index contributed by atoms with van der Waals surface area (Å²) in [5, 5.41) is 6.82. The molecule has 0 bridgehead atoms. The first-order valence-electron chi connectivity index (χ1n) is 12.1. The molecule has 2 unspecified atom stereocenters. The fourth-order valence-electron chi connectivity index (χ4n) is 5.19. The molecule has 0 aliphatic carbocycles. The smallest absolute Gasteiger partial charge is 0.240 e. The van der Waals surface area contributed by atoms with Gasteiger partial charge in [0.05, 0.1) is 17.8 Å². The van der Waals surface area contributed by atoms with E-state index in [1.807, 2.05) is 39.2 Å². The van der Waals surface area contributed by atoms with E-state index in [1.54, 1.807) is 11.3 Å². The molecular weight excluding hydrogens is 448 g/mol. The molecule has 2 aliphatic heterocycles. The fourth-order valence-corrected chi connectivity index (χ4v) is 5.93. The first-order valence-corrected chi connectivity index (χ1v) is 13.0. The van der Waals surface area contributed by atoms with Crippen molar-refractivity contribution < 1.29 is 4.79 Å². The summed E-state index contributed by atoms with van der Waals surface area (Å²) >= 11 is 1.60. The molecule has 2 fully saturated rings. The van der Waals surface area contributed by atoms with E-state index in [0.29, 0.717) is 13.0 Å². The third kappa shape index (κ3) is 4.55. The standard InChI is InChI=1S/C24H34N8OS/c1-15-13-32-22(28-23(15)30-9-7-16(25)14-30)12-19(29-32)20-5-2-3-8-31(20)24(33)18(27)11-17(26)21-6-4-10-34-21/h4,6,10,12-13,16-18,20H,2-3,5,7-9,11,14,25-27H2,1H3/t16-,17?,18?,20-/m0/s1. The summed E-state index contributed by atoms with van der Waals surface area (Å²) in [6, 6.07) is 5.19. The van der Waals surface area contributed by atoms with E-state index in [-0.39, 0.29) is 24.0 Å². The number of anilines is 1. The number of carbonyl (C=O) groups is 1. The van der Waals surface area contributed by atoms with E-state index in [4.69, 9.17) is 27.3 Å². The van der Waals surface area contributed by atoms with Crippen LogP contribution < -0.4 is 22.1 Å². The van der Waals surface area contributed by atoms with Crippen LogP contribution in [0, 0.1) is 6.92 Å². The molecule has 2 aliphatic rings. The highest BCUT2D eigenvalue weighted by molar-refractivity contribution is 7.10. The van der Waals surface area contributed by atoms with E-state index in [0.717, 1.165) is 66.4 Å². The molecule has 1 amide bonds. The topological polar surface area (TPSA) is 132 Å². The van der Waals surface area contributed by atoms with Gasteiger partial charge in [-0.05, 0) is 50.5 Å². The molecule has 3 aromatic rings. The van der Waals surface area contributed by atoms with Crippen LogP contribution in [0.2, 0.25) is 0 Å². The summed E-state index contributed by atoms with van der Waals surface area (Å²) < 4.78 is 1.83. The van der Waals surface area contributed by atoms with Crippen LogP contribution in [0.1, 0.15) is 60.3 Å². The van der Waals surface area contributed by atoms with Gasteiger partial charge in [-0.3, -0.25) is 4.79 Å². The van der Waals surface area contributed by atoms with Crippen molar-refractivity contribution in [3.8, 4) is 0 Å². The summed E-state index contributed by atoms with van der Waals surface area (Å²) in [5.74, 6) is 0.915. The van der Waals surface area contributed by atoms with E-state index in [1.165, 1.54) is 0 Å². The molecule has 182 valence electrons. The van der Waals surface area contributed by atoms with Crippen molar-refractivity contribution in [2.75, 3.05) is 24.5 Å². The normalized spacial score (nSPS) is 22.9. The molecule has 4 atom stereocenters. The molecule has 6 N–H and O–H groups in total. The van der Waals surface area contributed by atoms with E-state index >= 15 is 0 Å². The summed E-state index contributed by atoms with van der Waals surface area (Å²) in [4.78, 5) is 23.5. The predicted molar refractivity (Wildman–Crippen MR) is 135 cm³/mol. The van der Waals surface area contributed by atoms with Crippen molar-refractivity contribution in [2.45, 2.75) is 63.2 Å². The number of amides is 1. The minimum Gasteiger partial charge on any atom is -0.355 e. The molecule has 0 aromatic carbocycles. The van der Waals surface area contributed by atoms with Gasteiger partial charge in [0.25, 0.3) is 0 Å². The number of rotatable bonds is 6. The highest BCUT2D eigenvalue weighted by Gasteiger charge is 2.33. The molecule has 34 heavy (non-hydrogen) atoms. The van der Waals surface area contributed by atoms with Crippen LogP contribution in [0.4, 0.5) is 5.82 Å². The zero-order valence-electron chi connectivity index (χ0n) is 19.6. The minimum absolute atomic E-state index is 0.0513. The van der Waals surface area contributed by atoms with Gasteiger partial charge in [0.2, 0.25) is 5.91 Å². The maximum atomic E-state index is 13.4. The van der Waals surface area contributed by atoms with Crippen molar-refractivity contribution in [3.63, 3.8) is 0 Å². The number of aromatic nitrogens is 3. The Bertz CT molecular complexity index is 1150. The van der Waals surface area contributed by atoms with Gasteiger partial charge in [-0.2, -0.15) is 5.10 Å². The number of carbonyl (C=O) groups excluding carboxylic acids is 1. The van der Waals surface area contributed by atoms with Crippen LogP contribution in [-0.2, 0) is 4.79 Å². The first kappa shape index (κ1) is 23.2. The summed E-state index contributed by atoms with van der Waals surface area (Å²) in [6.45, 7) is 4.48. The molecular formula is C24H34N8OS. The molecule has 10 heteroatoms.